The lowest BCUT2D eigenvalue weighted by molar-refractivity contribution is 0.669. The molecule has 14 heteroatoms. The fourth-order valence-electron chi connectivity index (χ4n) is 21.7. The molecule has 11 nitrogen and oxygen atoms in total. The first kappa shape index (κ1) is 85.0. The number of hydrogen-bond acceptors (Lipinski definition) is 13. The van der Waals surface area contributed by atoms with Crippen LogP contribution in [0.3, 0.4) is 0 Å². The van der Waals surface area contributed by atoms with Crippen LogP contribution in [0.25, 0.3) is 299 Å². The van der Waals surface area contributed by atoms with E-state index in [0.717, 1.165) is 110 Å². The Bertz CT molecular complexity index is 10800. The van der Waals surface area contributed by atoms with E-state index in [9.17, 15) is 0 Å². The highest BCUT2D eigenvalue weighted by Gasteiger charge is 2.25. The second-order valence-electron chi connectivity index (χ2n) is 37.3. The molecular weight excluding hydrogens is 1850 g/mol. The quantitative estimate of drug-likeness (QED) is 0.115. The summed E-state index contributed by atoms with van der Waals surface area (Å²) in [5.41, 5.74) is 15.7. The van der Waals surface area contributed by atoms with Crippen LogP contribution >= 0.6 is 34.0 Å². The maximum Gasteiger partial charge on any atom is 0.167 e. The van der Waals surface area contributed by atoms with Crippen molar-refractivity contribution in [3.05, 3.63) is 473 Å². The van der Waals surface area contributed by atoms with Crippen molar-refractivity contribution < 1.29 is 4.42 Å². The van der Waals surface area contributed by atoms with Crippen molar-refractivity contribution in [2.75, 3.05) is 0 Å². The molecule has 0 aliphatic carbocycles. The standard InChI is InChI=1S/C47H28N4S.C45H27N3S.C41H23N3OS/c1-3-11-30(12-4-1)45-48-46(32-21-24-35-31(27-32)20-19-29-23-26-42-44(43(29)35)38-16-8-10-18-41(38)52-42)50-47(49-45)33-22-25-37-36-15-7-9-17-39(36)51(40(37)28-33)34-13-5-2-6-14-34;1-2-10-30(11-3-1)43-46-44(48-45(47-43)36-20-17-28-9-4-5-12-31(28)26-36)35-14-8-13-32(27-35)33-21-23-37-34(25-33)19-18-29-22-24-40-42(41(29)37)38-15-6-7-16-39(38)49-40;1-2-9-25(10-3-1)39-42-40(44-41(43-39)32-14-8-13-30-29-11-4-6-15-33(29)45-38(30)32)27-19-21-28-26(23-27)18-17-24-20-22-35-37(36(24)28)31-12-5-7-16-34(31)46-35/h1-28H;1-27H;1-23H. The minimum absolute atomic E-state index is 0.582. The van der Waals surface area contributed by atoms with Crippen LogP contribution in [-0.4, -0.2) is 49.4 Å². The van der Waals surface area contributed by atoms with Crippen LogP contribution in [0.15, 0.2) is 478 Å². The predicted molar refractivity (Wildman–Crippen MR) is 617 cm³/mol. The molecule has 684 valence electrons. The molecule has 0 bridgehead atoms. The Morgan fingerprint density at radius 2 is 0.476 bits per heavy atom. The molecule has 0 aliphatic rings. The Kier molecular flexibility index (Phi) is 20.3. The monoisotopic (exact) mass is 1930 g/mol. The van der Waals surface area contributed by atoms with Gasteiger partial charge in [0.2, 0.25) is 0 Å². The van der Waals surface area contributed by atoms with Gasteiger partial charge in [-0.05, 0) is 190 Å². The van der Waals surface area contributed by atoms with E-state index in [2.05, 4.69) is 369 Å². The van der Waals surface area contributed by atoms with Crippen LogP contribution in [0.2, 0.25) is 0 Å². The number of nitrogens with zero attached hydrogens (tertiary/aromatic N) is 10. The summed E-state index contributed by atoms with van der Waals surface area (Å²) >= 11 is 5.58. The molecular formula is C133H78N10OS3. The molecule has 8 aromatic heterocycles. The lowest BCUT2D eigenvalue weighted by Crippen LogP contribution is -2.00. The number of hydrogen-bond donors (Lipinski definition) is 0. The molecule has 0 spiro atoms. The fraction of sp³-hybridized carbons (Fsp3) is 0. The van der Waals surface area contributed by atoms with Gasteiger partial charge in [-0.1, -0.05) is 370 Å². The van der Waals surface area contributed by atoms with Crippen LogP contribution in [0.1, 0.15) is 0 Å². The fourth-order valence-corrected chi connectivity index (χ4v) is 25.0. The van der Waals surface area contributed by atoms with Crippen LogP contribution in [-0.2, 0) is 0 Å². The van der Waals surface area contributed by atoms with Crippen molar-refractivity contribution in [1.29, 1.82) is 0 Å². The van der Waals surface area contributed by atoms with Crippen LogP contribution in [0, 0.1) is 0 Å². The highest BCUT2D eigenvalue weighted by molar-refractivity contribution is 7.27. The van der Waals surface area contributed by atoms with Crippen molar-refractivity contribution in [3.8, 4) is 119 Å². The first-order chi connectivity index (χ1) is 72.8. The van der Waals surface area contributed by atoms with Gasteiger partial charge in [0.05, 0.1) is 16.6 Å². The zero-order valence-electron chi connectivity index (χ0n) is 78.6. The summed E-state index contributed by atoms with van der Waals surface area (Å²) in [5, 5.41) is 29.7. The highest BCUT2D eigenvalue weighted by Crippen LogP contribution is 2.49. The summed E-state index contributed by atoms with van der Waals surface area (Å²) in [6.07, 6.45) is 0. The minimum atomic E-state index is 0.582. The summed E-state index contributed by atoms with van der Waals surface area (Å²) in [4.78, 5) is 45.5. The number of para-hydroxylation sites is 4. The Morgan fingerprint density at radius 3 is 0.973 bits per heavy atom. The molecule has 0 aliphatic heterocycles. The van der Waals surface area contributed by atoms with Crippen molar-refractivity contribution >= 4 is 214 Å². The summed E-state index contributed by atoms with van der Waals surface area (Å²) < 4.78 is 16.6. The third-order valence-electron chi connectivity index (χ3n) is 28.6. The molecule has 0 saturated heterocycles. The van der Waals surface area contributed by atoms with Gasteiger partial charge in [0.25, 0.3) is 0 Å². The van der Waals surface area contributed by atoms with Gasteiger partial charge in [-0.25, -0.2) is 44.9 Å². The van der Waals surface area contributed by atoms with Crippen molar-refractivity contribution in [1.82, 2.24) is 49.4 Å². The van der Waals surface area contributed by atoms with Crippen LogP contribution in [0.5, 0.6) is 0 Å². The van der Waals surface area contributed by atoms with E-state index in [1.807, 2.05) is 143 Å². The van der Waals surface area contributed by atoms with E-state index in [-0.39, 0.29) is 0 Å². The smallest absolute Gasteiger partial charge is 0.167 e. The number of benzene rings is 23. The van der Waals surface area contributed by atoms with Gasteiger partial charge in [0.1, 0.15) is 11.2 Å². The number of rotatable bonds is 11. The van der Waals surface area contributed by atoms with E-state index < -0.39 is 0 Å². The SMILES string of the molecule is c1ccc(-c2nc(-c3ccc4c(ccc5ccc6sc7ccccc7c6c54)c3)nc(-c3ccc4c5ccccc5n(-c5ccccc5)c4c3)n2)cc1.c1ccc(-c2nc(-c3ccc4c(ccc5ccc6sc7ccccc7c6c54)c3)nc(-c3cccc4c3oc3ccccc34)n2)cc1.c1ccc(-c2nc(-c3cccc(-c4ccc5c(ccc6ccc7sc8ccccc8c7c65)c4)c3)nc(-c3ccc4ccccc4c3)n2)cc1. The van der Waals surface area contributed by atoms with Gasteiger partial charge < -0.3 is 8.98 Å². The summed E-state index contributed by atoms with van der Waals surface area (Å²) in [6.45, 7) is 0. The summed E-state index contributed by atoms with van der Waals surface area (Å²) in [7, 11) is 0. The molecule has 0 amide bonds. The lowest BCUT2D eigenvalue weighted by Gasteiger charge is -2.11. The number of fused-ring (bicyclic) bond motifs is 28. The predicted octanol–water partition coefficient (Wildman–Crippen LogP) is 36.5. The average molecular weight is 1930 g/mol. The molecule has 0 unspecified atom stereocenters. The molecule has 0 saturated carbocycles. The Hall–Kier alpha value is -18.8. The molecule has 0 radical (unpaired) electrons. The number of furan rings is 1. The first-order valence-electron chi connectivity index (χ1n) is 49.2. The molecule has 23 aromatic carbocycles. The number of aromatic nitrogens is 10. The zero-order chi connectivity index (χ0) is 96.7. The minimum Gasteiger partial charge on any atom is -0.455 e. The van der Waals surface area contributed by atoms with Crippen molar-refractivity contribution in [2.45, 2.75) is 0 Å². The van der Waals surface area contributed by atoms with Gasteiger partial charge in [0, 0.05) is 132 Å². The van der Waals surface area contributed by atoms with Gasteiger partial charge in [-0.2, -0.15) is 0 Å². The lowest BCUT2D eigenvalue weighted by atomic mass is 9.94. The van der Waals surface area contributed by atoms with Gasteiger partial charge >= 0.3 is 0 Å². The largest absolute Gasteiger partial charge is 0.455 e. The van der Waals surface area contributed by atoms with Crippen molar-refractivity contribution in [3.63, 3.8) is 0 Å². The van der Waals surface area contributed by atoms with E-state index in [0.29, 0.717) is 52.4 Å². The topological polar surface area (TPSA) is 134 Å². The molecule has 147 heavy (non-hydrogen) atoms. The van der Waals surface area contributed by atoms with Crippen LogP contribution < -0.4 is 0 Å². The Balaban J connectivity index is 0.000000104. The van der Waals surface area contributed by atoms with Gasteiger partial charge in [0.15, 0.2) is 52.4 Å². The average Bonchev–Trinajstić information content (AvgIpc) is 1.57. The molecule has 31 rings (SSSR count). The summed E-state index contributed by atoms with van der Waals surface area (Å²) in [5.74, 6) is 5.73. The third kappa shape index (κ3) is 14.9. The van der Waals surface area contributed by atoms with Gasteiger partial charge in [-0.3, -0.25) is 0 Å². The molecule has 0 N–H and O–H groups in total. The van der Waals surface area contributed by atoms with Gasteiger partial charge in [-0.15, -0.1) is 34.0 Å². The molecule has 0 fully saturated rings. The van der Waals surface area contributed by atoms with Crippen LogP contribution in [0.4, 0.5) is 0 Å². The maximum atomic E-state index is 6.39. The zero-order valence-corrected chi connectivity index (χ0v) is 81.1. The summed E-state index contributed by atoms with van der Waals surface area (Å²) in [6, 6.07) is 167. The maximum absolute atomic E-state index is 6.39. The molecule has 8 heterocycles. The first-order valence-corrected chi connectivity index (χ1v) is 51.6. The highest BCUT2D eigenvalue weighted by atomic mass is 32.1. The van der Waals surface area contributed by atoms with Crippen molar-refractivity contribution in [2.24, 2.45) is 0 Å². The third-order valence-corrected chi connectivity index (χ3v) is 32.0. The Labute approximate surface area is 853 Å². The molecule has 0 atom stereocenters. The normalized spacial score (nSPS) is 11.8. The van der Waals surface area contributed by atoms with E-state index in [4.69, 9.17) is 49.3 Å². The van der Waals surface area contributed by atoms with E-state index in [1.165, 1.54) is 136 Å². The van der Waals surface area contributed by atoms with E-state index >= 15 is 0 Å². The second-order valence-corrected chi connectivity index (χ2v) is 40.5. The molecule has 31 aromatic rings. The Morgan fingerprint density at radius 1 is 0.163 bits per heavy atom. The number of thiophene rings is 3. The van der Waals surface area contributed by atoms with E-state index in [1.54, 1.807) is 0 Å². The second kappa shape index (κ2) is 35.1.